The number of unbranched alkanes of at least 4 members (excludes halogenated alkanes) is 2. The number of aliphatic hydroxyl groups is 1. The van der Waals surface area contributed by atoms with Gasteiger partial charge in [-0.05, 0) is 29.3 Å². The van der Waals surface area contributed by atoms with Gasteiger partial charge >= 0.3 is 11.9 Å². The second kappa shape index (κ2) is 14.0. The Kier molecular flexibility index (Phi) is 11.0. The molecule has 14 heteroatoms. The number of fused-ring (bicyclic) bond motifs is 1. The molecule has 0 radical (unpaired) electrons. The van der Waals surface area contributed by atoms with Crippen LogP contribution in [0.15, 0.2) is 41.7 Å². The molecule has 1 aromatic carbocycles. The van der Waals surface area contributed by atoms with Crippen LogP contribution in [-0.2, 0) is 25.5 Å². The summed E-state index contributed by atoms with van der Waals surface area (Å²) in [7, 11) is 1.15. The minimum absolute atomic E-state index is 0.0461. The first-order valence-electron chi connectivity index (χ1n) is 12.2. The maximum absolute atomic E-state index is 15.6. The predicted octanol–water partition coefficient (Wildman–Crippen LogP) is 3.77. The standard InChI is InChI=1S/C25H30ClFN4O7S/c1-3-4-8-11-39-21-17-20(29-24(26)30-21)31(14-28-17)19(27)18(32)16(37-2)13-38-25(22(33)34,23(35)36)12-15-9-6-5-7-10-15/h5-7,9-10,14,16,18-19,32H,3-4,8,11-13H2,1-2H3,(H,33,34)(H,35,36)/t16-,18-,19-/m1/s1. The summed E-state index contributed by atoms with van der Waals surface area (Å²) in [5.41, 5.74) is -1.95. The van der Waals surface area contributed by atoms with Gasteiger partial charge in [0.1, 0.15) is 22.8 Å². The van der Waals surface area contributed by atoms with E-state index in [1.54, 1.807) is 30.3 Å². The van der Waals surface area contributed by atoms with E-state index >= 15 is 4.39 Å². The van der Waals surface area contributed by atoms with Gasteiger partial charge in [-0.2, -0.15) is 4.98 Å². The Morgan fingerprint density at radius 3 is 2.49 bits per heavy atom. The molecule has 3 atom stereocenters. The lowest BCUT2D eigenvalue weighted by molar-refractivity contribution is -0.192. The van der Waals surface area contributed by atoms with Crippen molar-refractivity contribution in [2.24, 2.45) is 0 Å². The van der Waals surface area contributed by atoms with E-state index in [9.17, 15) is 24.9 Å². The number of thioether (sulfide) groups is 1. The molecule has 0 fully saturated rings. The molecule has 0 spiro atoms. The number of aliphatic hydroxyl groups excluding tert-OH is 1. The average molecular weight is 585 g/mol. The number of ether oxygens (including phenoxy) is 2. The number of benzene rings is 1. The van der Waals surface area contributed by atoms with Crippen LogP contribution in [0.2, 0.25) is 5.28 Å². The third kappa shape index (κ3) is 7.22. The monoisotopic (exact) mass is 584 g/mol. The molecular weight excluding hydrogens is 555 g/mol. The predicted molar refractivity (Wildman–Crippen MR) is 142 cm³/mol. The smallest absolute Gasteiger partial charge is 0.348 e. The number of hydrogen-bond acceptors (Lipinski definition) is 9. The van der Waals surface area contributed by atoms with E-state index in [4.69, 9.17) is 21.1 Å². The molecule has 3 aromatic rings. The van der Waals surface area contributed by atoms with E-state index in [1.165, 1.54) is 11.8 Å². The molecule has 3 N–H and O–H groups in total. The summed E-state index contributed by atoms with van der Waals surface area (Å²) >= 11 is 7.49. The first kappa shape index (κ1) is 30.7. The van der Waals surface area contributed by atoms with E-state index in [1.807, 2.05) is 0 Å². The summed E-state index contributed by atoms with van der Waals surface area (Å²) in [6, 6.07) is 8.05. The van der Waals surface area contributed by atoms with Crippen LogP contribution >= 0.6 is 23.4 Å². The third-order valence-electron chi connectivity index (χ3n) is 6.06. The highest BCUT2D eigenvalue weighted by molar-refractivity contribution is 7.99. The summed E-state index contributed by atoms with van der Waals surface area (Å²) in [4.78, 5) is 36.6. The number of methoxy groups -OCH3 is 1. The van der Waals surface area contributed by atoms with E-state index < -0.39 is 49.1 Å². The van der Waals surface area contributed by atoms with Crippen LogP contribution in [0.5, 0.6) is 0 Å². The van der Waals surface area contributed by atoms with Crippen LogP contribution in [-0.4, -0.2) is 84.1 Å². The maximum Gasteiger partial charge on any atom is 0.348 e. The lowest BCUT2D eigenvalue weighted by Gasteiger charge is -2.30. The van der Waals surface area contributed by atoms with Crippen molar-refractivity contribution in [1.82, 2.24) is 19.5 Å². The number of alkyl halides is 1. The number of hydrogen-bond donors (Lipinski definition) is 3. The fourth-order valence-electron chi connectivity index (χ4n) is 3.84. The van der Waals surface area contributed by atoms with Crippen LogP contribution in [0, 0.1) is 0 Å². The third-order valence-corrected chi connectivity index (χ3v) is 7.28. The Bertz CT molecular complexity index is 1250. The van der Waals surface area contributed by atoms with E-state index in [2.05, 4.69) is 21.9 Å². The summed E-state index contributed by atoms with van der Waals surface area (Å²) in [5, 5.41) is 30.7. The molecule has 0 saturated carbocycles. The summed E-state index contributed by atoms with van der Waals surface area (Å²) in [6.45, 7) is 1.34. The molecular formula is C25H30ClFN4O7S. The van der Waals surface area contributed by atoms with Gasteiger partial charge < -0.3 is 24.8 Å². The number of carboxylic acids is 2. The van der Waals surface area contributed by atoms with Gasteiger partial charge in [-0.3, -0.25) is 4.57 Å². The first-order chi connectivity index (χ1) is 18.6. The van der Waals surface area contributed by atoms with Crippen molar-refractivity contribution in [3.05, 3.63) is 47.5 Å². The molecule has 2 heterocycles. The largest absolute Gasteiger partial charge is 0.479 e. The molecule has 0 bridgehead atoms. The maximum atomic E-state index is 15.6. The molecule has 0 unspecified atom stereocenters. The molecule has 0 aliphatic rings. The van der Waals surface area contributed by atoms with Gasteiger partial charge in [0.25, 0.3) is 5.60 Å². The quantitative estimate of drug-likeness (QED) is 0.0740. The normalized spacial score (nSPS) is 14.3. The fourth-order valence-corrected chi connectivity index (χ4v) is 5.03. The fraction of sp³-hybridized carbons (Fsp3) is 0.480. The Morgan fingerprint density at radius 1 is 1.18 bits per heavy atom. The van der Waals surface area contributed by atoms with Gasteiger partial charge in [-0.1, -0.05) is 50.1 Å². The van der Waals surface area contributed by atoms with Crippen LogP contribution in [0.1, 0.15) is 38.0 Å². The number of carboxylic acid groups (broad SMARTS) is 2. The summed E-state index contributed by atoms with van der Waals surface area (Å²) in [5.74, 6) is -2.75. The number of imidazole rings is 1. The number of nitrogens with zero attached hydrogens (tertiary/aromatic N) is 4. The molecule has 0 amide bonds. The molecule has 3 rings (SSSR count). The summed E-state index contributed by atoms with van der Waals surface area (Å²) < 4.78 is 27.1. The zero-order valence-electron chi connectivity index (χ0n) is 21.4. The highest BCUT2D eigenvalue weighted by Crippen LogP contribution is 2.30. The zero-order valence-corrected chi connectivity index (χ0v) is 22.9. The molecule has 212 valence electrons. The Hall–Kier alpha value is -2.84. The Labute approximate surface area is 233 Å². The average Bonchev–Trinajstić information content (AvgIpc) is 3.34. The molecule has 39 heavy (non-hydrogen) atoms. The Balaban J connectivity index is 1.81. The lowest BCUT2D eigenvalue weighted by Crippen LogP contribution is -2.53. The van der Waals surface area contributed by atoms with Crippen molar-refractivity contribution >= 4 is 46.5 Å². The van der Waals surface area contributed by atoms with Gasteiger partial charge in [0.15, 0.2) is 5.65 Å². The SMILES string of the molecule is CCCCCSc1nc(Cl)nc2c1ncn2[C@@H](F)[C@H](O)[C@@H](COC(Cc1ccccc1)(C(=O)O)C(=O)O)OC. The summed E-state index contributed by atoms with van der Waals surface area (Å²) in [6.07, 6.45) is -1.88. The van der Waals surface area contributed by atoms with E-state index in [-0.39, 0.29) is 10.9 Å². The lowest BCUT2D eigenvalue weighted by atomic mass is 9.94. The second-order valence-corrected chi connectivity index (χ2v) is 10.1. The van der Waals surface area contributed by atoms with Crippen molar-refractivity contribution in [3.63, 3.8) is 0 Å². The number of rotatable bonds is 16. The highest BCUT2D eigenvalue weighted by Gasteiger charge is 2.49. The van der Waals surface area contributed by atoms with Gasteiger partial charge in [0.2, 0.25) is 11.6 Å². The molecule has 11 nitrogen and oxygen atoms in total. The van der Waals surface area contributed by atoms with Gasteiger partial charge in [0, 0.05) is 13.5 Å². The minimum atomic E-state index is -2.70. The van der Waals surface area contributed by atoms with Crippen molar-refractivity contribution in [2.75, 3.05) is 19.5 Å². The van der Waals surface area contributed by atoms with Crippen molar-refractivity contribution in [1.29, 1.82) is 0 Å². The van der Waals surface area contributed by atoms with Gasteiger partial charge in [0.05, 0.1) is 12.9 Å². The Morgan fingerprint density at radius 2 is 1.87 bits per heavy atom. The molecule has 2 aromatic heterocycles. The van der Waals surface area contributed by atoms with Crippen LogP contribution in [0.4, 0.5) is 4.39 Å². The second-order valence-electron chi connectivity index (χ2n) is 8.73. The number of aromatic nitrogens is 4. The zero-order chi connectivity index (χ0) is 28.6. The van der Waals surface area contributed by atoms with Crippen molar-refractivity contribution in [2.45, 2.75) is 61.7 Å². The first-order valence-corrected chi connectivity index (χ1v) is 13.5. The highest BCUT2D eigenvalue weighted by atomic mass is 35.5. The molecule has 0 saturated heterocycles. The molecule has 0 aliphatic heterocycles. The molecule has 0 aliphatic carbocycles. The van der Waals surface area contributed by atoms with Crippen molar-refractivity contribution < 1.29 is 38.8 Å². The number of carbonyl (C=O) groups is 2. The van der Waals surface area contributed by atoms with E-state index in [0.717, 1.165) is 43.0 Å². The van der Waals surface area contributed by atoms with E-state index in [0.29, 0.717) is 16.1 Å². The van der Waals surface area contributed by atoms with Crippen LogP contribution in [0.3, 0.4) is 0 Å². The van der Waals surface area contributed by atoms with Gasteiger partial charge in [-0.15, -0.1) is 11.8 Å². The van der Waals surface area contributed by atoms with Gasteiger partial charge in [-0.25, -0.2) is 23.9 Å². The van der Waals surface area contributed by atoms with Crippen LogP contribution in [0.25, 0.3) is 11.2 Å². The van der Waals surface area contributed by atoms with Crippen LogP contribution < -0.4 is 0 Å². The number of aliphatic carboxylic acids is 2. The minimum Gasteiger partial charge on any atom is -0.479 e. The van der Waals surface area contributed by atoms with Crippen molar-refractivity contribution in [3.8, 4) is 0 Å². The number of halogens is 2. The topological polar surface area (TPSA) is 157 Å².